The molecule has 1 aliphatic carbocycles. The van der Waals surface area contributed by atoms with Crippen molar-refractivity contribution in [2.75, 3.05) is 20.5 Å². The van der Waals surface area contributed by atoms with Crippen LogP contribution in [0.2, 0.25) is 0 Å². The van der Waals surface area contributed by atoms with E-state index in [0.29, 0.717) is 6.61 Å². The smallest absolute Gasteiger partial charge is 0.164 e. The number of methoxy groups -OCH3 is 1. The second-order valence-corrected chi connectivity index (χ2v) is 4.59. The van der Waals surface area contributed by atoms with Gasteiger partial charge in [0.2, 0.25) is 0 Å². The number of rotatable bonds is 4. The lowest BCUT2D eigenvalue weighted by Gasteiger charge is -2.19. The lowest BCUT2D eigenvalue weighted by Crippen LogP contribution is -2.35. The summed E-state index contributed by atoms with van der Waals surface area (Å²) in [6, 6.07) is -0.118. The molecule has 5 heteroatoms. The van der Waals surface area contributed by atoms with E-state index in [-0.39, 0.29) is 25.0 Å². The van der Waals surface area contributed by atoms with Gasteiger partial charge >= 0.3 is 0 Å². The highest BCUT2D eigenvalue weighted by Crippen LogP contribution is 2.37. The zero-order chi connectivity index (χ0) is 11.8. The van der Waals surface area contributed by atoms with E-state index in [2.05, 4.69) is 0 Å². The summed E-state index contributed by atoms with van der Waals surface area (Å²) < 4.78 is 21.7. The number of hydrogen-bond acceptors (Lipinski definition) is 5. The lowest BCUT2D eigenvalue weighted by molar-refractivity contribution is -0.146. The summed E-state index contributed by atoms with van der Waals surface area (Å²) in [7, 11) is 1.59. The summed E-state index contributed by atoms with van der Waals surface area (Å²) in [5, 5.41) is 0. The van der Waals surface area contributed by atoms with Crippen molar-refractivity contribution in [3.8, 4) is 0 Å². The molecule has 0 radical (unpaired) electrons. The summed E-state index contributed by atoms with van der Waals surface area (Å²) in [6.07, 6.45) is 1.79. The molecular formula is C11H19NO4. The van der Waals surface area contributed by atoms with Crippen molar-refractivity contribution in [3.63, 3.8) is 0 Å². The average molecular weight is 229 g/mol. The molecule has 0 spiro atoms. The van der Waals surface area contributed by atoms with Crippen LogP contribution in [0, 0.1) is 0 Å². The van der Waals surface area contributed by atoms with Crippen LogP contribution in [0.5, 0.6) is 0 Å². The number of ether oxygens (including phenoxy) is 4. The van der Waals surface area contributed by atoms with E-state index in [1.54, 1.807) is 7.11 Å². The summed E-state index contributed by atoms with van der Waals surface area (Å²) in [6.45, 7) is 4.54. The Morgan fingerprint density at radius 1 is 1.44 bits per heavy atom. The standard InChI is InChI=1S/C11H19NO4/c1-11(2)15-9-7(5-14-6-13-3)4-8(12)10(9)16-11/h4,8-10H,5-6,12H2,1-3H3/t8-,9-,10+/m1/s1. The van der Waals surface area contributed by atoms with Crippen LogP contribution >= 0.6 is 0 Å². The van der Waals surface area contributed by atoms with Gasteiger partial charge in [-0.25, -0.2) is 0 Å². The zero-order valence-electron chi connectivity index (χ0n) is 9.93. The minimum absolute atomic E-state index is 0.0816. The van der Waals surface area contributed by atoms with Crippen LogP contribution in [0.1, 0.15) is 13.8 Å². The van der Waals surface area contributed by atoms with Crippen LogP contribution < -0.4 is 5.73 Å². The third-order valence-electron chi connectivity index (χ3n) is 2.75. The van der Waals surface area contributed by atoms with Crippen LogP contribution in [-0.2, 0) is 18.9 Å². The fourth-order valence-electron chi connectivity index (χ4n) is 2.17. The van der Waals surface area contributed by atoms with Gasteiger partial charge in [0.1, 0.15) is 19.0 Å². The van der Waals surface area contributed by atoms with Crippen LogP contribution in [0.3, 0.4) is 0 Å². The molecule has 1 heterocycles. The fraction of sp³-hybridized carbons (Fsp3) is 0.818. The first-order valence-electron chi connectivity index (χ1n) is 5.42. The lowest BCUT2D eigenvalue weighted by atomic mass is 10.1. The van der Waals surface area contributed by atoms with Gasteiger partial charge in [-0.3, -0.25) is 0 Å². The summed E-state index contributed by atoms with van der Waals surface area (Å²) in [4.78, 5) is 0. The molecule has 1 aliphatic heterocycles. The van der Waals surface area contributed by atoms with Gasteiger partial charge in [0, 0.05) is 7.11 Å². The summed E-state index contributed by atoms with van der Waals surface area (Å²) in [5.74, 6) is -0.562. The van der Waals surface area contributed by atoms with Gasteiger partial charge in [-0.15, -0.1) is 0 Å². The van der Waals surface area contributed by atoms with Crippen molar-refractivity contribution in [3.05, 3.63) is 11.6 Å². The van der Waals surface area contributed by atoms with E-state index in [9.17, 15) is 0 Å². The fourth-order valence-corrected chi connectivity index (χ4v) is 2.17. The molecular weight excluding hydrogens is 210 g/mol. The van der Waals surface area contributed by atoms with Crippen LogP contribution in [0.15, 0.2) is 11.6 Å². The molecule has 92 valence electrons. The van der Waals surface area contributed by atoms with Crippen molar-refractivity contribution < 1.29 is 18.9 Å². The Labute approximate surface area is 95.5 Å². The Hall–Kier alpha value is -0.460. The van der Waals surface area contributed by atoms with Crippen LogP contribution in [-0.4, -0.2) is 44.5 Å². The molecule has 2 N–H and O–H groups in total. The number of nitrogens with two attached hydrogens (primary N) is 1. The van der Waals surface area contributed by atoms with Crippen LogP contribution in [0.4, 0.5) is 0 Å². The van der Waals surface area contributed by atoms with Crippen molar-refractivity contribution in [1.29, 1.82) is 0 Å². The second kappa shape index (κ2) is 4.43. The molecule has 1 saturated heterocycles. The second-order valence-electron chi connectivity index (χ2n) is 4.59. The Morgan fingerprint density at radius 2 is 2.19 bits per heavy atom. The maximum Gasteiger partial charge on any atom is 0.164 e. The molecule has 5 nitrogen and oxygen atoms in total. The van der Waals surface area contributed by atoms with Gasteiger partial charge < -0.3 is 24.7 Å². The van der Waals surface area contributed by atoms with Crippen molar-refractivity contribution in [2.45, 2.75) is 37.9 Å². The van der Waals surface area contributed by atoms with E-state index >= 15 is 0 Å². The molecule has 0 amide bonds. The van der Waals surface area contributed by atoms with Gasteiger partial charge in [0.05, 0.1) is 12.6 Å². The molecule has 0 bridgehead atoms. The number of hydrogen-bond donors (Lipinski definition) is 1. The molecule has 1 fully saturated rings. The average Bonchev–Trinajstić information content (AvgIpc) is 2.64. The van der Waals surface area contributed by atoms with Crippen LogP contribution in [0.25, 0.3) is 0 Å². The molecule has 0 aromatic carbocycles. The first kappa shape index (κ1) is 12.0. The van der Waals surface area contributed by atoms with Crippen molar-refractivity contribution >= 4 is 0 Å². The van der Waals surface area contributed by atoms with E-state index < -0.39 is 5.79 Å². The maximum atomic E-state index is 5.97. The predicted molar refractivity (Wildman–Crippen MR) is 57.7 cm³/mol. The summed E-state index contributed by atoms with van der Waals surface area (Å²) in [5.41, 5.74) is 7.01. The minimum atomic E-state index is -0.562. The van der Waals surface area contributed by atoms with E-state index in [1.807, 2.05) is 19.9 Å². The normalized spacial score (nSPS) is 36.2. The van der Waals surface area contributed by atoms with Gasteiger partial charge in [-0.05, 0) is 19.4 Å². The molecule has 2 aliphatic rings. The first-order chi connectivity index (χ1) is 7.53. The first-order valence-corrected chi connectivity index (χ1v) is 5.42. The molecule has 16 heavy (non-hydrogen) atoms. The Morgan fingerprint density at radius 3 is 2.88 bits per heavy atom. The van der Waals surface area contributed by atoms with E-state index in [1.165, 1.54) is 0 Å². The topological polar surface area (TPSA) is 62.9 Å². The van der Waals surface area contributed by atoms with E-state index in [0.717, 1.165) is 5.57 Å². The highest BCUT2D eigenvalue weighted by Gasteiger charge is 2.48. The number of fused-ring (bicyclic) bond motifs is 1. The molecule has 0 unspecified atom stereocenters. The molecule has 0 saturated carbocycles. The van der Waals surface area contributed by atoms with Gasteiger partial charge in [-0.1, -0.05) is 6.08 Å². The summed E-state index contributed by atoms with van der Waals surface area (Å²) >= 11 is 0. The Balaban J connectivity index is 1.97. The quantitative estimate of drug-likeness (QED) is 0.429. The Kier molecular flexibility index (Phi) is 3.32. The largest absolute Gasteiger partial charge is 0.359 e. The third-order valence-corrected chi connectivity index (χ3v) is 2.75. The molecule has 0 aromatic heterocycles. The van der Waals surface area contributed by atoms with Gasteiger partial charge in [0.15, 0.2) is 5.79 Å². The molecule has 2 rings (SSSR count). The van der Waals surface area contributed by atoms with Crippen molar-refractivity contribution in [2.24, 2.45) is 5.73 Å². The monoisotopic (exact) mass is 229 g/mol. The Bertz CT molecular complexity index is 290. The highest BCUT2D eigenvalue weighted by atomic mass is 16.8. The van der Waals surface area contributed by atoms with E-state index in [4.69, 9.17) is 24.7 Å². The van der Waals surface area contributed by atoms with Gasteiger partial charge in [-0.2, -0.15) is 0 Å². The SMILES string of the molecule is COCOCC1=C[C@@H](N)[C@@H]2OC(C)(C)O[C@H]12. The minimum Gasteiger partial charge on any atom is -0.359 e. The third kappa shape index (κ3) is 2.28. The maximum absolute atomic E-state index is 5.97. The zero-order valence-corrected chi connectivity index (χ0v) is 9.93. The molecule has 3 atom stereocenters. The molecule has 0 aromatic rings. The predicted octanol–water partition coefficient (Wildman–Crippen LogP) is 0.394. The highest BCUT2D eigenvalue weighted by molar-refractivity contribution is 5.26. The van der Waals surface area contributed by atoms with Crippen molar-refractivity contribution in [1.82, 2.24) is 0 Å². The van der Waals surface area contributed by atoms with Gasteiger partial charge in [0.25, 0.3) is 0 Å².